The Morgan fingerprint density at radius 3 is 2.73 bits per heavy atom. The van der Waals surface area contributed by atoms with Crippen LogP contribution in [0.25, 0.3) is 17.4 Å². The van der Waals surface area contributed by atoms with Crippen molar-refractivity contribution in [1.29, 1.82) is 0 Å². The van der Waals surface area contributed by atoms with E-state index in [1.807, 2.05) is 17.9 Å². The van der Waals surface area contributed by atoms with Crippen molar-refractivity contribution in [3.05, 3.63) is 56.7 Å². The van der Waals surface area contributed by atoms with Crippen molar-refractivity contribution in [3.8, 4) is 0 Å². The minimum atomic E-state index is -0.914. The zero-order chi connectivity index (χ0) is 29.3. The lowest BCUT2D eigenvalue weighted by atomic mass is 10.1. The first kappa shape index (κ1) is 27.8. The number of carbonyl (C=O) groups is 3. The third kappa shape index (κ3) is 5.37. The summed E-state index contributed by atoms with van der Waals surface area (Å²) in [4.78, 5) is 71.2. The van der Waals surface area contributed by atoms with Crippen molar-refractivity contribution < 1.29 is 19.1 Å². The Hall–Kier alpha value is -4.72. The number of hydrogen-bond donors (Lipinski definition) is 3. The number of cyclic esters (lactones) is 1. The average molecular weight is 565 g/mol. The minimum absolute atomic E-state index is 0.0386. The number of ketones is 1. The number of aryl methyl sites for hydroxylation is 1. The summed E-state index contributed by atoms with van der Waals surface area (Å²) in [6.07, 6.45) is 5.38. The molecule has 0 aliphatic carbocycles. The van der Waals surface area contributed by atoms with Gasteiger partial charge in [0.25, 0.3) is 11.5 Å². The van der Waals surface area contributed by atoms with Crippen LogP contribution in [0.2, 0.25) is 0 Å². The Morgan fingerprint density at radius 1 is 1.24 bits per heavy atom. The van der Waals surface area contributed by atoms with E-state index >= 15 is 0 Å². The van der Waals surface area contributed by atoms with E-state index in [4.69, 9.17) is 10.5 Å². The number of imidazole rings is 1. The summed E-state index contributed by atoms with van der Waals surface area (Å²) in [6.45, 7) is 2.52. The normalized spacial score (nSPS) is 19.0. The Morgan fingerprint density at radius 2 is 2.02 bits per heavy atom. The molecule has 4 heterocycles. The highest BCUT2D eigenvalue weighted by atomic mass is 16.6. The molecule has 41 heavy (non-hydrogen) atoms. The maximum Gasteiger partial charge on any atom is 0.407 e. The first-order chi connectivity index (χ1) is 19.7. The van der Waals surface area contributed by atoms with Crippen LogP contribution < -0.4 is 32.5 Å². The number of rotatable bonds is 8. The van der Waals surface area contributed by atoms with E-state index in [9.17, 15) is 24.0 Å². The maximum absolute atomic E-state index is 13.8. The number of amides is 2. The first-order valence-corrected chi connectivity index (χ1v) is 13.4. The number of carbonyl (C=O) groups excluding carboxylic acids is 3. The van der Waals surface area contributed by atoms with Gasteiger partial charge in [0.15, 0.2) is 16.9 Å². The summed E-state index contributed by atoms with van der Waals surface area (Å²) in [5, 5.41) is 5.00. The first-order valence-electron chi connectivity index (χ1n) is 13.4. The molecule has 2 aliphatic rings. The van der Waals surface area contributed by atoms with Crippen molar-refractivity contribution >= 4 is 46.8 Å². The second-order valence-corrected chi connectivity index (χ2v) is 10.1. The number of alkyl carbamates (subject to hydrolysis) is 1. The van der Waals surface area contributed by atoms with Crippen LogP contribution in [-0.4, -0.2) is 68.2 Å². The van der Waals surface area contributed by atoms with E-state index < -0.39 is 41.6 Å². The summed E-state index contributed by atoms with van der Waals surface area (Å²) in [5.41, 5.74) is 5.48. The van der Waals surface area contributed by atoms with Crippen molar-refractivity contribution in [2.24, 2.45) is 12.8 Å². The van der Waals surface area contributed by atoms with Crippen molar-refractivity contribution in [2.75, 3.05) is 29.9 Å². The van der Waals surface area contributed by atoms with E-state index in [2.05, 4.69) is 15.6 Å². The predicted molar refractivity (Wildman–Crippen MR) is 152 cm³/mol. The quantitative estimate of drug-likeness (QED) is 0.331. The van der Waals surface area contributed by atoms with E-state index in [1.165, 1.54) is 23.7 Å². The number of allylic oxidation sites excluding steroid dienone is 1. The van der Waals surface area contributed by atoms with E-state index in [-0.39, 0.29) is 35.1 Å². The number of benzene rings is 1. The number of para-hydroxylation sites is 1. The van der Waals surface area contributed by atoms with Gasteiger partial charge in [0, 0.05) is 37.9 Å². The van der Waals surface area contributed by atoms with Crippen LogP contribution in [0.5, 0.6) is 0 Å². The molecule has 0 spiro atoms. The van der Waals surface area contributed by atoms with Gasteiger partial charge >= 0.3 is 11.8 Å². The fraction of sp³-hybridized carbons (Fsp3) is 0.407. The minimum Gasteiger partial charge on any atom is -0.447 e. The van der Waals surface area contributed by atoms with Crippen LogP contribution in [-0.2, 0) is 23.1 Å². The summed E-state index contributed by atoms with van der Waals surface area (Å²) in [7, 11) is 1.50. The van der Waals surface area contributed by atoms with Crippen LogP contribution in [0.15, 0.2) is 39.9 Å². The molecule has 0 radical (unpaired) electrons. The molecule has 1 aromatic carbocycles. The third-order valence-electron chi connectivity index (χ3n) is 7.16. The molecular weight excluding hydrogens is 532 g/mol. The number of anilines is 2. The molecule has 0 bridgehead atoms. The third-order valence-corrected chi connectivity index (χ3v) is 7.16. The lowest BCUT2D eigenvalue weighted by Gasteiger charge is -2.31. The largest absolute Gasteiger partial charge is 0.447 e. The molecule has 14 nitrogen and oxygen atoms in total. The second kappa shape index (κ2) is 11.4. The van der Waals surface area contributed by atoms with Crippen LogP contribution in [0.1, 0.15) is 36.5 Å². The Bertz CT molecular complexity index is 1670. The van der Waals surface area contributed by atoms with Gasteiger partial charge < -0.3 is 26.0 Å². The fourth-order valence-corrected chi connectivity index (χ4v) is 5.04. The molecule has 2 saturated heterocycles. The highest BCUT2D eigenvalue weighted by Crippen LogP contribution is 2.24. The van der Waals surface area contributed by atoms with Gasteiger partial charge in [0.2, 0.25) is 5.95 Å². The molecule has 0 saturated carbocycles. The monoisotopic (exact) mass is 564 g/mol. The summed E-state index contributed by atoms with van der Waals surface area (Å²) < 4.78 is 8.54. The van der Waals surface area contributed by atoms with Gasteiger partial charge in [0.1, 0.15) is 12.6 Å². The Balaban J connectivity index is 1.53. The second-order valence-electron chi connectivity index (χ2n) is 10.1. The molecule has 5 rings (SSSR count). The predicted octanol–water partition coefficient (Wildman–Crippen LogP) is 0.635. The van der Waals surface area contributed by atoms with Gasteiger partial charge in [-0.05, 0) is 31.4 Å². The SMILES string of the molecule is CCC=Cn1c(N2CCCC(N)C2)nc2c1c(=O)n(CC(=O)c1ccccc1NC(=O)C1COC(=O)N1)c(=O)n2C. The van der Waals surface area contributed by atoms with Gasteiger partial charge in [-0.2, -0.15) is 4.98 Å². The molecule has 4 N–H and O–H groups in total. The van der Waals surface area contributed by atoms with E-state index in [0.717, 1.165) is 17.4 Å². The number of aromatic nitrogens is 4. The van der Waals surface area contributed by atoms with Crippen molar-refractivity contribution in [1.82, 2.24) is 24.0 Å². The van der Waals surface area contributed by atoms with Gasteiger partial charge in [-0.25, -0.2) is 9.59 Å². The fourth-order valence-electron chi connectivity index (χ4n) is 5.04. The van der Waals surface area contributed by atoms with Gasteiger partial charge in [0.05, 0.1) is 12.2 Å². The number of nitrogens with two attached hydrogens (primary N) is 1. The molecule has 2 fully saturated rings. The molecule has 3 aromatic rings. The van der Waals surface area contributed by atoms with Gasteiger partial charge in [-0.15, -0.1) is 0 Å². The molecule has 2 amide bonds. The summed E-state index contributed by atoms with van der Waals surface area (Å²) in [5.74, 6) is -0.627. The van der Waals surface area contributed by atoms with Crippen molar-refractivity contribution in [3.63, 3.8) is 0 Å². The molecule has 14 heteroatoms. The Kier molecular flexibility index (Phi) is 7.75. The van der Waals surface area contributed by atoms with E-state index in [1.54, 1.807) is 22.9 Å². The zero-order valence-electron chi connectivity index (χ0n) is 22.8. The molecule has 2 aliphatic heterocycles. The van der Waals surface area contributed by atoms with Crippen molar-refractivity contribution in [2.45, 2.75) is 44.8 Å². The highest BCUT2D eigenvalue weighted by molar-refractivity contribution is 6.06. The highest BCUT2D eigenvalue weighted by Gasteiger charge is 2.30. The zero-order valence-corrected chi connectivity index (χ0v) is 22.8. The molecule has 216 valence electrons. The number of piperidine rings is 1. The van der Waals surface area contributed by atoms with Gasteiger partial charge in [-0.3, -0.25) is 28.1 Å². The summed E-state index contributed by atoms with van der Waals surface area (Å²) in [6, 6.07) is 5.29. The molecular formula is C27H32N8O6. The van der Waals surface area contributed by atoms with E-state index in [0.29, 0.717) is 25.5 Å². The topological polar surface area (TPSA) is 176 Å². The number of Topliss-reactive ketones (excluding diaryl/α,β-unsaturated/α-hetero) is 1. The maximum atomic E-state index is 13.8. The molecule has 2 unspecified atom stereocenters. The van der Waals surface area contributed by atoms with Crippen LogP contribution in [0, 0.1) is 0 Å². The average Bonchev–Trinajstić information content (AvgIpc) is 3.57. The molecule has 2 aromatic heterocycles. The summed E-state index contributed by atoms with van der Waals surface area (Å²) >= 11 is 0. The van der Waals surface area contributed by atoms with Crippen LogP contribution in [0.4, 0.5) is 16.4 Å². The number of nitrogens with one attached hydrogen (secondary N) is 2. The van der Waals surface area contributed by atoms with Crippen LogP contribution in [0.3, 0.4) is 0 Å². The number of fused-ring (bicyclic) bond motifs is 1. The van der Waals surface area contributed by atoms with Gasteiger partial charge in [-0.1, -0.05) is 25.1 Å². The number of hydrogen-bond acceptors (Lipinski definition) is 9. The van der Waals surface area contributed by atoms with Crippen LogP contribution >= 0.6 is 0 Å². The lowest BCUT2D eigenvalue weighted by Crippen LogP contribution is -2.43. The number of nitrogens with zero attached hydrogens (tertiary/aromatic N) is 5. The standard InChI is InChI=1S/C27H32N8O6/c1-3-4-12-34-21-22(31-25(34)33-11-7-8-16(28)13-33)32(2)27(40)35(24(21)38)14-20(36)17-9-5-6-10-18(17)29-23(37)19-15-41-26(39)30-19/h4-6,9-10,12,16,19H,3,7-8,11,13-15,28H2,1-2H3,(H,29,37)(H,30,39). The smallest absolute Gasteiger partial charge is 0.407 e. The lowest BCUT2D eigenvalue weighted by molar-refractivity contribution is -0.117. The number of ether oxygens (including phenoxy) is 1. The Labute approximate surface area is 234 Å². The molecule has 2 atom stereocenters.